The number of methoxy groups -OCH3 is 1. The first kappa shape index (κ1) is 18.6. The first-order chi connectivity index (χ1) is 13.0. The van der Waals surface area contributed by atoms with Crippen LogP contribution in [0.1, 0.15) is 18.1 Å². The molecule has 27 heavy (non-hydrogen) atoms. The van der Waals surface area contributed by atoms with E-state index in [9.17, 15) is 13.6 Å². The lowest BCUT2D eigenvalue weighted by Gasteiger charge is -2.17. The molecule has 1 heterocycles. The zero-order valence-electron chi connectivity index (χ0n) is 15.0. The van der Waals surface area contributed by atoms with Gasteiger partial charge in [-0.15, -0.1) is 0 Å². The average molecular weight is 371 g/mol. The van der Waals surface area contributed by atoms with Crippen LogP contribution in [0.3, 0.4) is 0 Å². The van der Waals surface area contributed by atoms with Crippen LogP contribution in [0.15, 0.2) is 53.5 Å². The molecule has 140 valence electrons. The Morgan fingerprint density at radius 2 is 1.81 bits per heavy atom. The minimum Gasteiger partial charge on any atom is -0.490 e. The summed E-state index contributed by atoms with van der Waals surface area (Å²) < 4.78 is 33.6. The molecule has 0 aliphatic heterocycles. The van der Waals surface area contributed by atoms with Crippen molar-refractivity contribution in [3.05, 3.63) is 81.8 Å². The maximum Gasteiger partial charge on any atom is 0.316 e. The van der Waals surface area contributed by atoms with E-state index >= 15 is 0 Å². The number of anilines is 2. The van der Waals surface area contributed by atoms with Gasteiger partial charge in [-0.25, -0.2) is 8.78 Å². The van der Waals surface area contributed by atoms with E-state index in [1.165, 1.54) is 37.6 Å². The highest BCUT2D eigenvalue weighted by atomic mass is 19.1. The minimum absolute atomic E-state index is 0.0811. The van der Waals surface area contributed by atoms with Gasteiger partial charge in [-0.05, 0) is 41.8 Å². The van der Waals surface area contributed by atoms with Crippen LogP contribution >= 0.6 is 0 Å². The lowest BCUT2D eigenvalue weighted by atomic mass is 10.1. The van der Waals surface area contributed by atoms with Gasteiger partial charge in [-0.1, -0.05) is 25.1 Å². The van der Waals surface area contributed by atoms with Crippen LogP contribution in [0.2, 0.25) is 0 Å². The quantitative estimate of drug-likeness (QED) is 0.714. The first-order valence-corrected chi connectivity index (χ1v) is 8.45. The van der Waals surface area contributed by atoms with E-state index in [2.05, 4.69) is 10.3 Å². The Morgan fingerprint density at radius 1 is 1.11 bits per heavy atom. The van der Waals surface area contributed by atoms with Crippen LogP contribution in [-0.2, 0) is 13.0 Å². The molecule has 1 aromatic heterocycles. The number of nitrogens with zero attached hydrogens (tertiary/aromatic N) is 2. The summed E-state index contributed by atoms with van der Waals surface area (Å²) in [5.74, 6) is -0.404. The maximum absolute atomic E-state index is 13.7. The fraction of sp³-hybridized carbons (Fsp3) is 0.200. The van der Waals surface area contributed by atoms with Crippen molar-refractivity contribution < 1.29 is 13.5 Å². The molecule has 0 fully saturated rings. The van der Waals surface area contributed by atoms with Gasteiger partial charge in [-0.3, -0.25) is 4.79 Å². The standard InChI is InChI=1S/C20H19F2N3O2/c1-3-14-6-9-16(22)10-17(14)23-20-24-19(26)18(27-2)12-25(20)11-13-4-7-15(21)8-5-13/h4-10,12H,3,11H2,1-2H3,(H,23,24,26). The molecule has 0 radical (unpaired) electrons. The SMILES string of the molecule is CCc1ccc(F)cc1Nc1nc(=O)c(OC)cn1Cc1ccc(F)cc1. The van der Waals surface area contributed by atoms with Gasteiger partial charge in [0.1, 0.15) is 11.6 Å². The van der Waals surface area contributed by atoms with Gasteiger partial charge in [0.25, 0.3) is 0 Å². The van der Waals surface area contributed by atoms with E-state index in [0.717, 1.165) is 11.1 Å². The van der Waals surface area contributed by atoms with Gasteiger partial charge in [0.15, 0.2) is 0 Å². The molecule has 1 N–H and O–H groups in total. The van der Waals surface area contributed by atoms with E-state index in [-0.39, 0.29) is 17.5 Å². The summed E-state index contributed by atoms with van der Waals surface area (Å²) in [6.07, 6.45) is 2.20. The van der Waals surface area contributed by atoms with E-state index in [1.54, 1.807) is 22.8 Å². The highest BCUT2D eigenvalue weighted by Gasteiger charge is 2.12. The molecule has 0 unspecified atom stereocenters. The molecule has 0 bridgehead atoms. The Balaban J connectivity index is 2.03. The molecule has 0 aliphatic carbocycles. The summed E-state index contributed by atoms with van der Waals surface area (Å²) in [7, 11) is 1.38. The number of aryl methyl sites for hydroxylation is 1. The average Bonchev–Trinajstić information content (AvgIpc) is 2.65. The van der Waals surface area contributed by atoms with E-state index in [4.69, 9.17) is 4.74 Å². The van der Waals surface area contributed by atoms with Crippen molar-refractivity contribution in [3.8, 4) is 5.75 Å². The Morgan fingerprint density at radius 3 is 2.48 bits per heavy atom. The molecular weight excluding hydrogens is 352 g/mol. The number of aromatic nitrogens is 2. The topological polar surface area (TPSA) is 56.1 Å². The lowest BCUT2D eigenvalue weighted by Crippen LogP contribution is -2.19. The molecule has 3 rings (SSSR count). The molecule has 2 aromatic carbocycles. The molecule has 0 amide bonds. The monoisotopic (exact) mass is 371 g/mol. The third kappa shape index (κ3) is 4.31. The predicted molar refractivity (Wildman–Crippen MR) is 99.6 cm³/mol. The Bertz CT molecular complexity index is 1000. The summed E-state index contributed by atoms with van der Waals surface area (Å²) >= 11 is 0. The van der Waals surface area contributed by atoms with Crippen LogP contribution < -0.4 is 15.6 Å². The molecule has 0 atom stereocenters. The van der Waals surface area contributed by atoms with Crippen LogP contribution in [0.4, 0.5) is 20.4 Å². The summed E-state index contributed by atoms with van der Waals surface area (Å²) in [6, 6.07) is 10.4. The van der Waals surface area contributed by atoms with Crippen molar-refractivity contribution >= 4 is 11.6 Å². The highest BCUT2D eigenvalue weighted by Crippen LogP contribution is 2.22. The summed E-state index contributed by atoms with van der Waals surface area (Å²) in [4.78, 5) is 16.2. The summed E-state index contributed by atoms with van der Waals surface area (Å²) in [6.45, 7) is 2.27. The third-order valence-electron chi connectivity index (χ3n) is 4.15. The minimum atomic E-state index is -0.537. The number of hydrogen-bond acceptors (Lipinski definition) is 4. The third-order valence-corrected chi connectivity index (χ3v) is 4.15. The lowest BCUT2D eigenvalue weighted by molar-refractivity contribution is 0.402. The van der Waals surface area contributed by atoms with Gasteiger partial charge in [-0.2, -0.15) is 4.98 Å². The maximum atomic E-state index is 13.7. The number of benzene rings is 2. The largest absolute Gasteiger partial charge is 0.490 e. The molecule has 0 spiro atoms. The van der Waals surface area contributed by atoms with Crippen LogP contribution in [-0.4, -0.2) is 16.7 Å². The number of ether oxygens (including phenoxy) is 1. The Kier molecular flexibility index (Phi) is 5.49. The van der Waals surface area contributed by atoms with Crippen molar-refractivity contribution in [1.82, 2.24) is 9.55 Å². The molecular formula is C20H19F2N3O2. The second-order valence-electron chi connectivity index (χ2n) is 5.97. The van der Waals surface area contributed by atoms with Crippen molar-refractivity contribution in [3.63, 3.8) is 0 Å². The zero-order chi connectivity index (χ0) is 19.4. The number of hydrogen-bond donors (Lipinski definition) is 1. The number of halogens is 2. The normalized spacial score (nSPS) is 10.7. The summed E-state index contributed by atoms with van der Waals surface area (Å²) in [5, 5.41) is 3.04. The fourth-order valence-corrected chi connectivity index (χ4v) is 2.71. The van der Waals surface area contributed by atoms with Gasteiger partial charge < -0.3 is 14.6 Å². The van der Waals surface area contributed by atoms with Crippen LogP contribution in [0, 0.1) is 11.6 Å². The summed E-state index contributed by atoms with van der Waals surface area (Å²) in [5.41, 5.74) is 1.68. The smallest absolute Gasteiger partial charge is 0.316 e. The molecule has 0 saturated heterocycles. The molecule has 7 heteroatoms. The highest BCUT2D eigenvalue weighted by molar-refractivity contribution is 5.59. The van der Waals surface area contributed by atoms with E-state index < -0.39 is 11.4 Å². The van der Waals surface area contributed by atoms with E-state index in [1.807, 2.05) is 6.92 Å². The number of nitrogens with one attached hydrogen (secondary N) is 1. The van der Waals surface area contributed by atoms with Crippen molar-refractivity contribution in [2.45, 2.75) is 19.9 Å². The second kappa shape index (κ2) is 7.99. The first-order valence-electron chi connectivity index (χ1n) is 8.45. The van der Waals surface area contributed by atoms with Crippen LogP contribution in [0.5, 0.6) is 5.75 Å². The van der Waals surface area contributed by atoms with Gasteiger partial charge >= 0.3 is 5.56 Å². The van der Waals surface area contributed by atoms with Crippen molar-refractivity contribution in [1.29, 1.82) is 0 Å². The van der Waals surface area contributed by atoms with Gasteiger partial charge in [0.05, 0.1) is 19.9 Å². The molecule has 0 saturated carbocycles. The van der Waals surface area contributed by atoms with Crippen LogP contribution in [0.25, 0.3) is 0 Å². The van der Waals surface area contributed by atoms with Crippen molar-refractivity contribution in [2.24, 2.45) is 0 Å². The predicted octanol–water partition coefficient (Wildman–Crippen LogP) is 3.88. The van der Waals surface area contributed by atoms with Gasteiger partial charge in [0.2, 0.25) is 11.7 Å². The number of rotatable bonds is 6. The Labute approximate surface area is 155 Å². The molecule has 5 nitrogen and oxygen atoms in total. The Hall–Kier alpha value is -3.22. The molecule has 0 aliphatic rings. The van der Waals surface area contributed by atoms with Gasteiger partial charge in [0, 0.05) is 5.69 Å². The van der Waals surface area contributed by atoms with Crippen molar-refractivity contribution in [2.75, 3.05) is 12.4 Å². The molecule has 3 aromatic rings. The zero-order valence-corrected chi connectivity index (χ0v) is 15.0. The van der Waals surface area contributed by atoms with E-state index in [0.29, 0.717) is 18.7 Å². The fourth-order valence-electron chi connectivity index (χ4n) is 2.71. The second-order valence-corrected chi connectivity index (χ2v) is 5.97.